The van der Waals surface area contributed by atoms with Crippen LogP contribution in [0.15, 0.2) is 61.2 Å². The minimum absolute atomic E-state index is 0.0290. The average Bonchev–Trinajstić information content (AvgIpc) is 3.70. The van der Waals surface area contributed by atoms with E-state index in [-0.39, 0.29) is 29.5 Å². The zero-order valence-electron chi connectivity index (χ0n) is 18.9. The molecule has 1 unspecified atom stereocenters. The summed E-state index contributed by atoms with van der Waals surface area (Å²) < 4.78 is 55.3. The lowest BCUT2D eigenvalue weighted by Gasteiger charge is -2.29. The van der Waals surface area contributed by atoms with Crippen LogP contribution >= 0.6 is 0 Å². The molecule has 1 aliphatic heterocycles. The molecule has 1 atom stereocenters. The summed E-state index contributed by atoms with van der Waals surface area (Å²) in [6.07, 6.45) is 4.59. The van der Waals surface area contributed by atoms with Crippen LogP contribution in [0.3, 0.4) is 0 Å². The number of benzene rings is 3. The Bertz CT molecular complexity index is 1180. The summed E-state index contributed by atoms with van der Waals surface area (Å²) in [5.41, 5.74) is 3.64. The van der Waals surface area contributed by atoms with Crippen LogP contribution in [0.5, 0.6) is 0 Å². The number of ether oxygens (including phenoxy) is 2. The maximum absolute atomic E-state index is 15.0. The molecule has 1 saturated heterocycles. The van der Waals surface area contributed by atoms with Crippen molar-refractivity contribution in [3.05, 3.63) is 101 Å². The first kappa shape index (κ1) is 22.9. The fourth-order valence-corrected chi connectivity index (χ4v) is 4.81. The average molecular weight is 465 g/mol. The molecule has 0 aromatic heterocycles. The summed E-state index contributed by atoms with van der Waals surface area (Å²) in [5.74, 6) is -1.86. The standard InChI is InChI=1S/C29H27F3O2/c1-2-18-3-6-20(7-4-18)23-13-14-24(29(32)28(23)31)21-8-10-22(11-9-21)33-16-19-5-12-25(26(30)15-19)27-17-34-27/h2-7,12-15,21-22,27H,1,8-11,16-17H2. The van der Waals surface area contributed by atoms with Gasteiger partial charge in [-0.05, 0) is 59.9 Å². The van der Waals surface area contributed by atoms with Crippen molar-refractivity contribution in [1.82, 2.24) is 0 Å². The number of hydrogen-bond acceptors (Lipinski definition) is 2. The van der Waals surface area contributed by atoms with Gasteiger partial charge in [-0.15, -0.1) is 0 Å². The SMILES string of the molecule is C=Cc1ccc(-c2ccc(C3CCC(OCc4ccc(C5CO5)c(F)c4)CC3)c(F)c2F)cc1. The second-order valence-electron chi connectivity index (χ2n) is 9.12. The summed E-state index contributed by atoms with van der Waals surface area (Å²) in [4.78, 5) is 0. The summed E-state index contributed by atoms with van der Waals surface area (Å²) in [6, 6.07) is 15.7. The van der Waals surface area contributed by atoms with Crippen molar-refractivity contribution in [2.75, 3.05) is 6.61 Å². The van der Waals surface area contributed by atoms with E-state index in [2.05, 4.69) is 6.58 Å². The molecule has 5 heteroatoms. The van der Waals surface area contributed by atoms with Gasteiger partial charge in [-0.3, -0.25) is 0 Å². The van der Waals surface area contributed by atoms with Gasteiger partial charge in [-0.25, -0.2) is 13.2 Å². The molecular formula is C29H27F3O2. The van der Waals surface area contributed by atoms with E-state index < -0.39 is 11.6 Å². The van der Waals surface area contributed by atoms with Crippen molar-refractivity contribution in [3.63, 3.8) is 0 Å². The van der Waals surface area contributed by atoms with E-state index in [4.69, 9.17) is 9.47 Å². The van der Waals surface area contributed by atoms with Gasteiger partial charge in [0.1, 0.15) is 11.9 Å². The Hall–Kier alpha value is -2.89. The van der Waals surface area contributed by atoms with Crippen LogP contribution in [-0.4, -0.2) is 12.7 Å². The predicted molar refractivity (Wildman–Crippen MR) is 127 cm³/mol. The molecule has 5 rings (SSSR count). The number of hydrogen-bond donors (Lipinski definition) is 0. The van der Waals surface area contributed by atoms with Gasteiger partial charge in [0.2, 0.25) is 0 Å². The van der Waals surface area contributed by atoms with Gasteiger partial charge in [-0.1, -0.05) is 61.2 Å². The molecule has 1 heterocycles. The molecule has 2 aliphatic rings. The van der Waals surface area contributed by atoms with Gasteiger partial charge in [0.15, 0.2) is 11.6 Å². The Morgan fingerprint density at radius 3 is 2.24 bits per heavy atom. The monoisotopic (exact) mass is 464 g/mol. The molecule has 34 heavy (non-hydrogen) atoms. The quantitative estimate of drug-likeness (QED) is 0.334. The number of halogens is 3. The highest BCUT2D eigenvalue weighted by Crippen LogP contribution is 2.38. The van der Waals surface area contributed by atoms with Crippen LogP contribution in [0.4, 0.5) is 13.2 Å². The first-order chi connectivity index (χ1) is 16.5. The lowest BCUT2D eigenvalue weighted by Crippen LogP contribution is -2.21. The van der Waals surface area contributed by atoms with Crippen molar-refractivity contribution >= 4 is 6.08 Å². The summed E-state index contributed by atoms with van der Waals surface area (Å²) in [7, 11) is 0. The molecule has 0 bridgehead atoms. The van der Waals surface area contributed by atoms with Crippen LogP contribution in [-0.2, 0) is 16.1 Å². The van der Waals surface area contributed by atoms with E-state index in [0.29, 0.717) is 29.9 Å². The third-order valence-electron chi connectivity index (χ3n) is 6.91. The normalized spacial score (nSPS) is 21.9. The van der Waals surface area contributed by atoms with E-state index in [0.717, 1.165) is 36.8 Å². The Morgan fingerprint density at radius 1 is 0.882 bits per heavy atom. The molecule has 176 valence electrons. The number of rotatable bonds is 7. The molecule has 0 radical (unpaired) electrons. The molecule has 1 saturated carbocycles. The molecule has 0 amide bonds. The van der Waals surface area contributed by atoms with E-state index in [1.807, 2.05) is 18.2 Å². The highest BCUT2D eigenvalue weighted by molar-refractivity contribution is 5.66. The lowest BCUT2D eigenvalue weighted by molar-refractivity contribution is 0.0130. The Morgan fingerprint density at radius 2 is 1.59 bits per heavy atom. The van der Waals surface area contributed by atoms with E-state index in [1.54, 1.807) is 36.4 Å². The van der Waals surface area contributed by atoms with Crippen LogP contribution in [0, 0.1) is 17.5 Å². The molecule has 0 N–H and O–H groups in total. The minimum atomic E-state index is -0.802. The molecule has 2 nitrogen and oxygen atoms in total. The van der Waals surface area contributed by atoms with Gasteiger partial charge in [-0.2, -0.15) is 0 Å². The minimum Gasteiger partial charge on any atom is -0.374 e. The fraction of sp³-hybridized carbons (Fsp3) is 0.310. The molecular weight excluding hydrogens is 437 g/mol. The van der Waals surface area contributed by atoms with Crippen molar-refractivity contribution in [1.29, 1.82) is 0 Å². The predicted octanol–water partition coefficient (Wildman–Crippen LogP) is 7.73. The van der Waals surface area contributed by atoms with Crippen LogP contribution in [0.1, 0.15) is 60.0 Å². The molecule has 3 aromatic carbocycles. The third kappa shape index (κ3) is 4.82. The Balaban J connectivity index is 1.19. The van der Waals surface area contributed by atoms with Gasteiger partial charge < -0.3 is 9.47 Å². The van der Waals surface area contributed by atoms with Crippen LogP contribution in [0.25, 0.3) is 17.2 Å². The number of epoxide rings is 1. The largest absolute Gasteiger partial charge is 0.374 e. The summed E-state index contributed by atoms with van der Waals surface area (Å²) in [5, 5.41) is 0. The second-order valence-corrected chi connectivity index (χ2v) is 9.12. The van der Waals surface area contributed by atoms with Crippen LogP contribution < -0.4 is 0 Å². The van der Waals surface area contributed by atoms with Crippen molar-refractivity contribution < 1.29 is 22.6 Å². The van der Waals surface area contributed by atoms with E-state index in [1.165, 1.54) is 6.07 Å². The van der Waals surface area contributed by atoms with Crippen molar-refractivity contribution in [3.8, 4) is 11.1 Å². The van der Waals surface area contributed by atoms with Gasteiger partial charge in [0.25, 0.3) is 0 Å². The second kappa shape index (κ2) is 9.77. The van der Waals surface area contributed by atoms with Gasteiger partial charge in [0.05, 0.1) is 19.3 Å². The summed E-state index contributed by atoms with van der Waals surface area (Å²) in [6.45, 7) is 4.62. The molecule has 1 aliphatic carbocycles. The first-order valence-electron chi connectivity index (χ1n) is 11.8. The molecule has 3 aromatic rings. The Labute approximate surface area is 198 Å². The third-order valence-corrected chi connectivity index (χ3v) is 6.91. The zero-order valence-corrected chi connectivity index (χ0v) is 18.9. The van der Waals surface area contributed by atoms with Crippen LogP contribution in [0.2, 0.25) is 0 Å². The van der Waals surface area contributed by atoms with E-state index >= 15 is 4.39 Å². The molecule has 0 spiro atoms. The lowest BCUT2D eigenvalue weighted by atomic mass is 9.82. The maximum atomic E-state index is 15.0. The van der Waals surface area contributed by atoms with E-state index in [9.17, 15) is 8.78 Å². The Kier molecular flexibility index (Phi) is 6.57. The zero-order chi connectivity index (χ0) is 23.7. The highest BCUT2D eigenvalue weighted by Gasteiger charge is 2.29. The first-order valence-corrected chi connectivity index (χ1v) is 11.8. The fourth-order valence-electron chi connectivity index (χ4n) is 4.81. The topological polar surface area (TPSA) is 21.8 Å². The smallest absolute Gasteiger partial charge is 0.166 e. The highest BCUT2D eigenvalue weighted by atomic mass is 19.2. The van der Waals surface area contributed by atoms with Crippen molar-refractivity contribution in [2.45, 2.75) is 50.4 Å². The summed E-state index contributed by atoms with van der Waals surface area (Å²) >= 11 is 0. The van der Waals surface area contributed by atoms with Crippen molar-refractivity contribution in [2.24, 2.45) is 0 Å². The van der Waals surface area contributed by atoms with Gasteiger partial charge in [0, 0.05) is 11.1 Å². The van der Waals surface area contributed by atoms with Gasteiger partial charge >= 0.3 is 0 Å². The molecule has 2 fully saturated rings. The maximum Gasteiger partial charge on any atom is 0.166 e.